The van der Waals surface area contributed by atoms with Crippen LogP contribution in [-0.4, -0.2) is 11.6 Å². The van der Waals surface area contributed by atoms with Crippen molar-refractivity contribution >= 4 is 38.9 Å². The lowest BCUT2D eigenvalue weighted by atomic mass is 10.3. The van der Waals surface area contributed by atoms with Gasteiger partial charge in [0, 0.05) is 15.8 Å². The molecule has 0 atom stereocenters. The quantitative estimate of drug-likeness (QED) is 0.823. The van der Waals surface area contributed by atoms with Gasteiger partial charge in [-0.25, -0.2) is 4.98 Å². The third kappa shape index (κ3) is 3.44. The summed E-state index contributed by atoms with van der Waals surface area (Å²) >= 11 is 11.1. The standard InChI is InChI=1S/C12H11BrClNOS/c1-8-12(17-7-15-8)4-5-16-11-6-9(13)2-3-10(11)14/h2-3,6-7H,4-5H2,1H3. The van der Waals surface area contributed by atoms with E-state index in [1.54, 1.807) is 11.3 Å². The molecule has 0 fully saturated rings. The second-order valence-electron chi connectivity index (χ2n) is 3.53. The van der Waals surface area contributed by atoms with Crippen LogP contribution in [0.3, 0.4) is 0 Å². The molecular weight excluding hydrogens is 322 g/mol. The van der Waals surface area contributed by atoms with E-state index < -0.39 is 0 Å². The largest absolute Gasteiger partial charge is 0.492 e. The van der Waals surface area contributed by atoms with Crippen molar-refractivity contribution in [1.29, 1.82) is 0 Å². The lowest BCUT2D eigenvalue weighted by Crippen LogP contribution is -2.01. The summed E-state index contributed by atoms with van der Waals surface area (Å²) in [6, 6.07) is 5.59. The Labute approximate surface area is 118 Å². The maximum Gasteiger partial charge on any atom is 0.139 e. The van der Waals surface area contributed by atoms with Crippen LogP contribution in [-0.2, 0) is 6.42 Å². The molecule has 0 spiro atoms. The second kappa shape index (κ2) is 5.85. The molecule has 0 bridgehead atoms. The fraction of sp³-hybridized carbons (Fsp3) is 0.250. The molecule has 1 aromatic heterocycles. The zero-order valence-electron chi connectivity index (χ0n) is 9.24. The number of aromatic nitrogens is 1. The van der Waals surface area contributed by atoms with Crippen molar-refractivity contribution in [3.05, 3.63) is 43.8 Å². The van der Waals surface area contributed by atoms with Crippen LogP contribution in [0.5, 0.6) is 5.75 Å². The van der Waals surface area contributed by atoms with Crippen molar-refractivity contribution in [2.45, 2.75) is 13.3 Å². The smallest absolute Gasteiger partial charge is 0.139 e. The van der Waals surface area contributed by atoms with Crippen molar-refractivity contribution in [2.24, 2.45) is 0 Å². The Kier molecular flexibility index (Phi) is 4.42. The second-order valence-corrected chi connectivity index (χ2v) is 5.80. The minimum Gasteiger partial charge on any atom is -0.492 e. The molecule has 2 aromatic rings. The van der Waals surface area contributed by atoms with Crippen LogP contribution in [0.2, 0.25) is 5.02 Å². The van der Waals surface area contributed by atoms with Gasteiger partial charge in [-0.05, 0) is 25.1 Å². The van der Waals surface area contributed by atoms with E-state index in [1.165, 1.54) is 4.88 Å². The summed E-state index contributed by atoms with van der Waals surface area (Å²) in [4.78, 5) is 5.46. The Morgan fingerprint density at radius 3 is 3.00 bits per heavy atom. The Bertz CT molecular complexity index is 515. The summed E-state index contributed by atoms with van der Waals surface area (Å²) in [5.41, 5.74) is 2.94. The number of hydrogen-bond acceptors (Lipinski definition) is 3. The fourth-order valence-electron chi connectivity index (χ4n) is 1.41. The van der Waals surface area contributed by atoms with E-state index in [0.29, 0.717) is 17.4 Å². The van der Waals surface area contributed by atoms with Gasteiger partial charge < -0.3 is 4.74 Å². The summed E-state index contributed by atoms with van der Waals surface area (Å²) in [5, 5.41) is 0.634. The van der Waals surface area contributed by atoms with E-state index in [1.807, 2.05) is 30.6 Å². The molecule has 90 valence electrons. The van der Waals surface area contributed by atoms with Crippen LogP contribution >= 0.6 is 38.9 Å². The first kappa shape index (κ1) is 12.9. The molecule has 2 rings (SSSR count). The molecular formula is C12H11BrClNOS. The highest BCUT2D eigenvalue weighted by Gasteiger charge is 2.04. The summed E-state index contributed by atoms with van der Waals surface area (Å²) in [6.07, 6.45) is 0.860. The van der Waals surface area contributed by atoms with Crippen molar-refractivity contribution in [3.8, 4) is 5.75 Å². The van der Waals surface area contributed by atoms with Gasteiger partial charge in [-0.3, -0.25) is 0 Å². The van der Waals surface area contributed by atoms with Crippen molar-refractivity contribution < 1.29 is 4.74 Å². The summed E-state index contributed by atoms with van der Waals surface area (Å²) < 4.78 is 6.63. The highest BCUT2D eigenvalue weighted by atomic mass is 79.9. The minimum atomic E-state index is 0.610. The van der Waals surface area contributed by atoms with Gasteiger partial charge in [0.15, 0.2) is 0 Å². The first-order valence-electron chi connectivity index (χ1n) is 5.13. The van der Waals surface area contributed by atoms with E-state index in [9.17, 15) is 0 Å². The predicted octanol–water partition coefficient (Wildman–Crippen LogP) is 4.49. The predicted molar refractivity (Wildman–Crippen MR) is 75.2 cm³/mol. The van der Waals surface area contributed by atoms with Crippen molar-refractivity contribution in [2.75, 3.05) is 6.61 Å². The topological polar surface area (TPSA) is 22.1 Å². The minimum absolute atomic E-state index is 0.610. The molecule has 17 heavy (non-hydrogen) atoms. The van der Waals surface area contributed by atoms with Crippen LogP contribution < -0.4 is 4.74 Å². The zero-order chi connectivity index (χ0) is 12.3. The van der Waals surface area contributed by atoms with Gasteiger partial charge in [-0.15, -0.1) is 11.3 Å². The normalized spacial score (nSPS) is 10.5. The van der Waals surface area contributed by atoms with Gasteiger partial charge in [0.2, 0.25) is 0 Å². The monoisotopic (exact) mass is 331 g/mol. The van der Waals surface area contributed by atoms with Crippen molar-refractivity contribution in [3.63, 3.8) is 0 Å². The van der Waals surface area contributed by atoms with E-state index in [-0.39, 0.29) is 0 Å². The van der Waals surface area contributed by atoms with Gasteiger partial charge in [0.1, 0.15) is 5.75 Å². The van der Waals surface area contributed by atoms with E-state index in [0.717, 1.165) is 16.6 Å². The van der Waals surface area contributed by atoms with Gasteiger partial charge >= 0.3 is 0 Å². The molecule has 0 radical (unpaired) electrons. The maximum atomic E-state index is 6.03. The molecule has 2 nitrogen and oxygen atoms in total. The Balaban J connectivity index is 1.94. The van der Waals surface area contributed by atoms with Crippen LogP contribution in [0.25, 0.3) is 0 Å². The highest BCUT2D eigenvalue weighted by Crippen LogP contribution is 2.28. The number of aryl methyl sites for hydroxylation is 1. The molecule has 0 N–H and O–H groups in total. The molecule has 0 aliphatic carbocycles. The van der Waals surface area contributed by atoms with Crippen LogP contribution in [0.1, 0.15) is 10.6 Å². The lowest BCUT2D eigenvalue weighted by Gasteiger charge is -2.07. The molecule has 0 saturated heterocycles. The number of benzene rings is 1. The molecule has 1 aromatic carbocycles. The number of ether oxygens (including phenoxy) is 1. The van der Waals surface area contributed by atoms with E-state index in [4.69, 9.17) is 16.3 Å². The SMILES string of the molecule is Cc1ncsc1CCOc1cc(Br)ccc1Cl. The van der Waals surface area contributed by atoms with Gasteiger partial charge in [-0.2, -0.15) is 0 Å². The zero-order valence-corrected chi connectivity index (χ0v) is 12.4. The van der Waals surface area contributed by atoms with E-state index >= 15 is 0 Å². The molecule has 0 saturated carbocycles. The highest BCUT2D eigenvalue weighted by molar-refractivity contribution is 9.10. The number of halogens is 2. The average molecular weight is 333 g/mol. The van der Waals surface area contributed by atoms with Crippen LogP contribution in [0.4, 0.5) is 0 Å². The molecule has 0 unspecified atom stereocenters. The van der Waals surface area contributed by atoms with Crippen LogP contribution in [0, 0.1) is 6.92 Å². The number of thiazole rings is 1. The average Bonchev–Trinajstić information content (AvgIpc) is 2.70. The molecule has 0 aliphatic heterocycles. The first-order chi connectivity index (χ1) is 8.16. The molecule has 5 heteroatoms. The molecule has 1 heterocycles. The number of rotatable bonds is 4. The lowest BCUT2D eigenvalue weighted by molar-refractivity contribution is 0.322. The van der Waals surface area contributed by atoms with Gasteiger partial charge in [0.25, 0.3) is 0 Å². The van der Waals surface area contributed by atoms with Crippen LogP contribution in [0.15, 0.2) is 28.2 Å². The van der Waals surface area contributed by atoms with Crippen molar-refractivity contribution in [1.82, 2.24) is 4.98 Å². The van der Waals surface area contributed by atoms with Gasteiger partial charge in [0.05, 0.1) is 22.8 Å². The van der Waals surface area contributed by atoms with E-state index in [2.05, 4.69) is 20.9 Å². The van der Waals surface area contributed by atoms with Gasteiger partial charge in [-0.1, -0.05) is 27.5 Å². The summed E-state index contributed by atoms with van der Waals surface area (Å²) in [6.45, 7) is 2.62. The Morgan fingerprint density at radius 1 is 1.47 bits per heavy atom. The number of nitrogens with zero attached hydrogens (tertiary/aromatic N) is 1. The number of hydrogen-bond donors (Lipinski definition) is 0. The Hall–Kier alpha value is -0.580. The summed E-state index contributed by atoms with van der Waals surface area (Å²) in [7, 11) is 0. The first-order valence-corrected chi connectivity index (χ1v) is 7.18. The fourth-order valence-corrected chi connectivity index (χ4v) is 2.68. The third-order valence-corrected chi connectivity index (χ3v) is 4.13. The maximum absolute atomic E-state index is 6.03. The Morgan fingerprint density at radius 2 is 2.29 bits per heavy atom. The molecule has 0 aliphatic rings. The molecule has 0 amide bonds. The third-order valence-electron chi connectivity index (χ3n) is 2.32. The summed E-state index contributed by atoms with van der Waals surface area (Å²) in [5.74, 6) is 0.711.